The Hall–Kier alpha value is -1.14. The van der Waals surface area contributed by atoms with E-state index < -0.39 is 18.2 Å². The lowest BCUT2D eigenvalue weighted by Crippen LogP contribution is -2.46. The monoisotopic (exact) mass is 920 g/mol. The van der Waals surface area contributed by atoms with E-state index in [4.69, 9.17) is 4.74 Å². The molecular weight excluding hydrogens is 803 g/mol. The highest BCUT2D eigenvalue weighted by atomic mass is 16.5. The second-order valence-electron chi connectivity index (χ2n) is 20.8. The maximum atomic E-state index is 13.3. The fourth-order valence-corrected chi connectivity index (χ4v) is 9.67. The lowest BCUT2D eigenvalue weighted by molar-refractivity contribution is -0.151. The summed E-state index contributed by atoms with van der Waals surface area (Å²) >= 11 is 0. The maximum Gasteiger partial charge on any atom is 0.306 e. The first kappa shape index (κ1) is 63.9. The van der Waals surface area contributed by atoms with Crippen LogP contribution in [0.4, 0.5) is 0 Å². The summed E-state index contributed by atoms with van der Waals surface area (Å²) in [6, 6.07) is -0.693. The number of unbranched alkanes of at least 4 members (excludes halogenated alkanes) is 43. The van der Waals surface area contributed by atoms with Crippen molar-refractivity contribution in [2.75, 3.05) is 6.61 Å². The van der Waals surface area contributed by atoms with Gasteiger partial charge in [-0.1, -0.05) is 303 Å². The maximum absolute atomic E-state index is 13.3. The minimum absolute atomic E-state index is 0.0888. The van der Waals surface area contributed by atoms with Gasteiger partial charge in [-0.25, -0.2) is 0 Å². The minimum atomic E-state index is -0.780. The number of ether oxygens (including phenoxy) is 1. The van der Waals surface area contributed by atoms with Crippen molar-refractivity contribution in [2.24, 2.45) is 0 Å². The molecule has 6 heteroatoms. The number of aliphatic hydroxyl groups excluding tert-OH is 2. The third-order valence-electron chi connectivity index (χ3n) is 14.2. The lowest BCUT2D eigenvalue weighted by Gasteiger charge is -2.24. The molecule has 1 amide bonds. The summed E-state index contributed by atoms with van der Waals surface area (Å²) in [4.78, 5) is 26.3. The standard InChI is InChI=1S/C59H117NO5/c1-4-7-10-13-16-19-22-25-27-29-31-34-37-40-43-46-49-52-59(64)65-55(50-47-44-41-38-35-33-30-28-26-23-20-17-14-11-8-5-2)53-58(63)60-56(54-61)57(62)51-48-45-42-39-36-32-24-21-18-15-12-9-6-3/h55-57,61-62H,4-54H2,1-3H3,(H,60,63). The van der Waals surface area contributed by atoms with Crippen molar-refractivity contribution in [3.63, 3.8) is 0 Å². The van der Waals surface area contributed by atoms with E-state index in [9.17, 15) is 19.8 Å². The van der Waals surface area contributed by atoms with Crippen LogP contribution >= 0.6 is 0 Å². The van der Waals surface area contributed by atoms with Gasteiger partial charge in [-0.15, -0.1) is 0 Å². The summed E-state index contributed by atoms with van der Waals surface area (Å²) in [5, 5.41) is 23.9. The number of amides is 1. The molecule has 65 heavy (non-hydrogen) atoms. The summed E-state index contributed by atoms with van der Waals surface area (Å²) in [6.45, 7) is 6.54. The number of hydrogen-bond acceptors (Lipinski definition) is 5. The molecule has 0 radical (unpaired) electrons. The highest BCUT2D eigenvalue weighted by molar-refractivity contribution is 5.77. The van der Waals surface area contributed by atoms with E-state index in [1.165, 1.54) is 257 Å². The minimum Gasteiger partial charge on any atom is -0.462 e. The lowest BCUT2D eigenvalue weighted by atomic mass is 10.0. The average molecular weight is 921 g/mol. The van der Waals surface area contributed by atoms with Crippen LogP contribution in [-0.2, 0) is 14.3 Å². The van der Waals surface area contributed by atoms with Crippen molar-refractivity contribution < 1.29 is 24.5 Å². The summed E-state index contributed by atoms with van der Waals surface area (Å²) in [5.41, 5.74) is 0. The van der Waals surface area contributed by atoms with Crippen LogP contribution in [0.1, 0.15) is 342 Å². The number of carbonyl (C=O) groups is 2. The van der Waals surface area contributed by atoms with Crippen molar-refractivity contribution in [3.8, 4) is 0 Å². The molecule has 0 aromatic heterocycles. The molecular formula is C59H117NO5. The molecule has 0 saturated heterocycles. The molecule has 0 fully saturated rings. The number of nitrogens with one attached hydrogen (secondary N) is 1. The Bertz CT molecular complexity index is 944. The first-order chi connectivity index (χ1) is 32.0. The van der Waals surface area contributed by atoms with Crippen LogP contribution in [0.25, 0.3) is 0 Å². The van der Waals surface area contributed by atoms with E-state index in [0.717, 1.165) is 38.5 Å². The van der Waals surface area contributed by atoms with Gasteiger partial charge >= 0.3 is 5.97 Å². The smallest absolute Gasteiger partial charge is 0.306 e. The molecule has 0 heterocycles. The number of esters is 1. The van der Waals surface area contributed by atoms with E-state index in [1.54, 1.807) is 0 Å². The van der Waals surface area contributed by atoms with Crippen LogP contribution in [0.3, 0.4) is 0 Å². The van der Waals surface area contributed by atoms with Crippen molar-refractivity contribution in [1.82, 2.24) is 5.32 Å². The molecule has 388 valence electrons. The molecule has 0 aromatic carbocycles. The Morgan fingerprint density at radius 3 is 0.938 bits per heavy atom. The van der Waals surface area contributed by atoms with E-state index >= 15 is 0 Å². The number of hydrogen-bond donors (Lipinski definition) is 3. The summed E-state index contributed by atoms with van der Waals surface area (Å²) in [7, 11) is 0. The number of rotatable bonds is 55. The van der Waals surface area contributed by atoms with E-state index in [0.29, 0.717) is 19.3 Å². The van der Waals surface area contributed by atoms with Gasteiger partial charge in [0.1, 0.15) is 6.10 Å². The summed E-state index contributed by atoms with van der Waals surface area (Å²) in [5.74, 6) is -0.443. The van der Waals surface area contributed by atoms with Gasteiger partial charge in [0.15, 0.2) is 0 Å². The molecule has 3 N–H and O–H groups in total. The van der Waals surface area contributed by atoms with E-state index in [2.05, 4.69) is 26.1 Å². The van der Waals surface area contributed by atoms with Gasteiger partial charge in [0.2, 0.25) is 5.91 Å². The molecule has 0 saturated carbocycles. The van der Waals surface area contributed by atoms with Crippen LogP contribution < -0.4 is 5.32 Å². The molecule has 3 atom stereocenters. The first-order valence-corrected chi connectivity index (χ1v) is 29.8. The second-order valence-corrected chi connectivity index (χ2v) is 20.8. The molecule has 3 unspecified atom stereocenters. The van der Waals surface area contributed by atoms with Crippen LogP contribution in [0.2, 0.25) is 0 Å². The normalized spacial score (nSPS) is 13.0. The first-order valence-electron chi connectivity index (χ1n) is 29.8. The van der Waals surface area contributed by atoms with Crippen LogP contribution in [0.5, 0.6) is 0 Å². The van der Waals surface area contributed by atoms with E-state index in [-0.39, 0.29) is 24.9 Å². The summed E-state index contributed by atoms with van der Waals surface area (Å²) in [6.07, 6.45) is 60.3. The summed E-state index contributed by atoms with van der Waals surface area (Å²) < 4.78 is 5.98. The van der Waals surface area contributed by atoms with Gasteiger partial charge in [-0.05, 0) is 25.7 Å². The van der Waals surface area contributed by atoms with Crippen molar-refractivity contribution in [2.45, 2.75) is 360 Å². The Labute approximate surface area is 406 Å². The predicted molar refractivity (Wildman–Crippen MR) is 283 cm³/mol. The van der Waals surface area contributed by atoms with Gasteiger partial charge in [0.05, 0.1) is 25.2 Å². The predicted octanol–water partition coefficient (Wildman–Crippen LogP) is 18.3. The fraction of sp³-hybridized carbons (Fsp3) is 0.966. The third-order valence-corrected chi connectivity index (χ3v) is 14.2. The van der Waals surface area contributed by atoms with Gasteiger partial charge in [-0.3, -0.25) is 9.59 Å². The van der Waals surface area contributed by atoms with Gasteiger partial charge in [0, 0.05) is 6.42 Å². The van der Waals surface area contributed by atoms with Crippen molar-refractivity contribution >= 4 is 11.9 Å². The van der Waals surface area contributed by atoms with E-state index in [1.807, 2.05) is 0 Å². The topological polar surface area (TPSA) is 95.9 Å². The third kappa shape index (κ3) is 49.1. The zero-order valence-corrected chi connectivity index (χ0v) is 44.4. The molecule has 0 aliphatic rings. The molecule has 0 bridgehead atoms. The SMILES string of the molecule is CCCCCCCCCCCCCCCCCCCC(=O)OC(CCCCCCCCCCCCCCCCCC)CC(=O)NC(CO)C(O)CCCCCCCCCCCCCCC. The van der Waals surface area contributed by atoms with Crippen molar-refractivity contribution in [1.29, 1.82) is 0 Å². The Balaban J connectivity index is 4.48. The largest absolute Gasteiger partial charge is 0.462 e. The highest BCUT2D eigenvalue weighted by Crippen LogP contribution is 2.20. The van der Waals surface area contributed by atoms with Crippen LogP contribution in [0.15, 0.2) is 0 Å². The molecule has 0 rings (SSSR count). The molecule has 0 aromatic rings. The Kier molecular flexibility index (Phi) is 52.9. The second kappa shape index (κ2) is 53.8. The fourth-order valence-electron chi connectivity index (χ4n) is 9.67. The molecule has 6 nitrogen and oxygen atoms in total. The molecule has 0 aliphatic carbocycles. The quantitative estimate of drug-likeness (QED) is 0.0417. The Morgan fingerprint density at radius 1 is 0.385 bits per heavy atom. The van der Waals surface area contributed by atoms with Crippen molar-refractivity contribution in [3.05, 3.63) is 0 Å². The van der Waals surface area contributed by atoms with Crippen LogP contribution in [0, 0.1) is 0 Å². The van der Waals surface area contributed by atoms with Gasteiger partial charge in [0.25, 0.3) is 0 Å². The molecule has 0 aliphatic heterocycles. The zero-order chi connectivity index (χ0) is 47.4. The average Bonchev–Trinajstić information content (AvgIpc) is 3.30. The van der Waals surface area contributed by atoms with Gasteiger partial charge in [-0.2, -0.15) is 0 Å². The zero-order valence-electron chi connectivity index (χ0n) is 44.4. The number of carbonyl (C=O) groups excluding carboxylic acids is 2. The highest BCUT2D eigenvalue weighted by Gasteiger charge is 2.24. The molecule has 0 spiro atoms. The van der Waals surface area contributed by atoms with Crippen LogP contribution in [-0.4, -0.2) is 46.9 Å². The number of aliphatic hydroxyl groups is 2. The van der Waals surface area contributed by atoms with Gasteiger partial charge < -0.3 is 20.3 Å². The Morgan fingerprint density at radius 2 is 0.646 bits per heavy atom.